The molecule has 0 fully saturated rings. The van der Waals surface area contributed by atoms with Crippen molar-refractivity contribution < 1.29 is 23.8 Å². The molecule has 2 N–H and O–H groups in total. The highest BCUT2D eigenvalue weighted by atomic mass is 16.6. The first-order valence-electron chi connectivity index (χ1n) is 13.1. The van der Waals surface area contributed by atoms with Crippen molar-refractivity contribution in [1.82, 2.24) is 5.32 Å². The molecule has 0 saturated carbocycles. The van der Waals surface area contributed by atoms with E-state index in [1.807, 2.05) is 24.3 Å². The number of amides is 2. The van der Waals surface area contributed by atoms with Crippen molar-refractivity contribution in [2.24, 2.45) is 4.99 Å². The van der Waals surface area contributed by atoms with Gasteiger partial charge in [0.15, 0.2) is 11.5 Å². The van der Waals surface area contributed by atoms with E-state index in [1.165, 1.54) is 5.56 Å². The topological polar surface area (TPSA) is 98.2 Å². The predicted octanol–water partition coefficient (Wildman–Crippen LogP) is 5.43. The highest BCUT2D eigenvalue weighted by Gasteiger charge is 2.39. The molecule has 0 atom stereocenters. The molecular weight excluding hydrogens is 482 g/mol. The molecule has 2 aliphatic rings. The van der Waals surface area contributed by atoms with E-state index in [-0.39, 0.29) is 30.0 Å². The Kier molecular flexibility index (Phi) is 7.21. The summed E-state index contributed by atoms with van der Waals surface area (Å²) in [5.74, 6) is 1.33. The number of hydrogen-bond donors (Lipinski definition) is 2. The second-order valence-corrected chi connectivity index (χ2v) is 12.2. The number of aliphatic imine (C=N–C) groups is 1. The Morgan fingerprint density at radius 3 is 2.53 bits per heavy atom. The Bertz CT molecular complexity index is 1290. The van der Waals surface area contributed by atoms with E-state index in [1.54, 1.807) is 27.9 Å². The van der Waals surface area contributed by atoms with Crippen molar-refractivity contribution in [1.29, 1.82) is 0 Å². The van der Waals surface area contributed by atoms with Crippen LogP contribution in [0.5, 0.6) is 11.5 Å². The molecule has 0 saturated heterocycles. The number of rotatable bonds is 6. The lowest BCUT2D eigenvalue weighted by molar-refractivity contribution is -0.116. The van der Waals surface area contributed by atoms with Gasteiger partial charge in [0.1, 0.15) is 11.2 Å². The fraction of sp³-hybridized carbons (Fsp3) is 0.500. The first-order valence-corrected chi connectivity index (χ1v) is 13.1. The maximum absolute atomic E-state index is 12.6. The molecule has 0 spiro atoms. The number of hydrogen-bond acceptors (Lipinski definition) is 6. The maximum atomic E-state index is 12.6. The summed E-state index contributed by atoms with van der Waals surface area (Å²) in [6.07, 6.45) is 1.12. The van der Waals surface area contributed by atoms with Crippen LogP contribution < -0.4 is 20.1 Å². The Morgan fingerprint density at radius 1 is 1.11 bits per heavy atom. The molecule has 0 bridgehead atoms. The van der Waals surface area contributed by atoms with Crippen LogP contribution >= 0.6 is 0 Å². The molecule has 4 rings (SSSR count). The van der Waals surface area contributed by atoms with Gasteiger partial charge in [0.05, 0.1) is 18.4 Å². The number of methoxy groups -OCH3 is 1. The second kappa shape index (κ2) is 9.97. The number of nitrogens with zero attached hydrogens (tertiary/aromatic N) is 1. The molecule has 2 amide bonds. The number of fused-ring (bicyclic) bond motifs is 3. The van der Waals surface area contributed by atoms with Gasteiger partial charge in [-0.1, -0.05) is 12.1 Å². The lowest BCUT2D eigenvalue weighted by Crippen LogP contribution is -2.34. The van der Waals surface area contributed by atoms with Crippen molar-refractivity contribution in [3.05, 3.63) is 52.6 Å². The highest BCUT2D eigenvalue weighted by molar-refractivity contribution is 6.16. The molecule has 38 heavy (non-hydrogen) atoms. The molecule has 0 unspecified atom stereocenters. The van der Waals surface area contributed by atoms with Gasteiger partial charge in [0, 0.05) is 41.8 Å². The molecule has 204 valence electrons. The summed E-state index contributed by atoms with van der Waals surface area (Å²) < 4.78 is 17.2. The predicted molar refractivity (Wildman–Crippen MR) is 149 cm³/mol. The number of alkyl carbamates (subject to hydrolysis) is 1. The van der Waals surface area contributed by atoms with Crippen LogP contribution in [0.25, 0.3) is 0 Å². The van der Waals surface area contributed by atoms with Gasteiger partial charge in [0.25, 0.3) is 0 Å². The summed E-state index contributed by atoms with van der Waals surface area (Å²) in [5, 5.41) is 5.56. The van der Waals surface area contributed by atoms with Gasteiger partial charge in [-0.25, -0.2) is 4.79 Å². The zero-order valence-electron chi connectivity index (χ0n) is 23.7. The average molecular weight is 522 g/mol. The highest BCUT2D eigenvalue weighted by Crippen LogP contribution is 2.47. The third-order valence-corrected chi connectivity index (χ3v) is 6.34. The minimum atomic E-state index is -0.588. The van der Waals surface area contributed by atoms with Gasteiger partial charge in [-0.05, 0) is 78.6 Å². The van der Waals surface area contributed by atoms with Crippen LogP contribution in [0.15, 0.2) is 35.3 Å². The first-order chi connectivity index (χ1) is 17.7. The second-order valence-electron chi connectivity index (χ2n) is 12.2. The third-order valence-electron chi connectivity index (χ3n) is 6.34. The SMILES string of the molecule is COc1cc2c(c3c1OC(C)(C)C3)C(c1cccc(NC(=O)CCNC(=O)OC(C)(C)C)c1)=NC(C)(C)C2. The van der Waals surface area contributed by atoms with Crippen LogP contribution in [0.3, 0.4) is 0 Å². The smallest absolute Gasteiger partial charge is 0.407 e. The molecule has 0 aromatic heterocycles. The number of anilines is 1. The van der Waals surface area contributed by atoms with Crippen molar-refractivity contribution in [3.63, 3.8) is 0 Å². The van der Waals surface area contributed by atoms with Crippen molar-refractivity contribution in [2.75, 3.05) is 19.0 Å². The van der Waals surface area contributed by atoms with Crippen LogP contribution in [0.2, 0.25) is 0 Å². The number of carbonyl (C=O) groups excluding carboxylic acids is 2. The van der Waals surface area contributed by atoms with Gasteiger partial charge < -0.3 is 24.8 Å². The maximum Gasteiger partial charge on any atom is 0.407 e. The van der Waals surface area contributed by atoms with E-state index >= 15 is 0 Å². The van der Waals surface area contributed by atoms with Gasteiger partial charge >= 0.3 is 6.09 Å². The molecule has 0 aliphatic carbocycles. The van der Waals surface area contributed by atoms with E-state index in [2.05, 4.69) is 44.4 Å². The molecule has 0 radical (unpaired) electrons. The summed E-state index contributed by atoms with van der Waals surface area (Å²) in [6, 6.07) is 9.80. The Labute approximate surface area is 225 Å². The minimum Gasteiger partial charge on any atom is -0.493 e. The first kappa shape index (κ1) is 27.5. The van der Waals surface area contributed by atoms with Gasteiger partial charge in [-0.3, -0.25) is 9.79 Å². The quantitative estimate of drug-likeness (QED) is 0.528. The van der Waals surface area contributed by atoms with Crippen LogP contribution in [0.1, 0.15) is 77.1 Å². The van der Waals surface area contributed by atoms with Crippen molar-refractivity contribution >= 4 is 23.4 Å². The van der Waals surface area contributed by atoms with E-state index in [0.29, 0.717) is 5.69 Å². The summed E-state index contributed by atoms with van der Waals surface area (Å²) in [7, 11) is 1.68. The summed E-state index contributed by atoms with van der Waals surface area (Å²) in [4.78, 5) is 29.6. The van der Waals surface area contributed by atoms with E-state index < -0.39 is 11.7 Å². The Morgan fingerprint density at radius 2 is 1.84 bits per heavy atom. The minimum absolute atomic E-state index is 0.125. The summed E-state index contributed by atoms with van der Waals surface area (Å²) >= 11 is 0. The number of carbonyl (C=O) groups is 2. The van der Waals surface area contributed by atoms with E-state index in [4.69, 9.17) is 19.2 Å². The van der Waals surface area contributed by atoms with Crippen molar-refractivity contribution in [3.8, 4) is 11.5 Å². The zero-order valence-corrected chi connectivity index (χ0v) is 23.7. The normalized spacial score (nSPS) is 16.9. The molecule has 2 aromatic rings. The fourth-order valence-electron chi connectivity index (χ4n) is 4.99. The summed E-state index contributed by atoms with van der Waals surface area (Å²) in [6.45, 7) is 14.0. The van der Waals surface area contributed by atoms with Crippen LogP contribution in [0, 0.1) is 0 Å². The van der Waals surface area contributed by atoms with Gasteiger partial charge in [-0.2, -0.15) is 0 Å². The van der Waals surface area contributed by atoms with E-state index in [0.717, 1.165) is 46.7 Å². The number of benzene rings is 2. The third kappa shape index (κ3) is 6.29. The molecule has 8 nitrogen and oxygen atoms in total. The lowest BCUT2D eigenvalue weighted by Gasteiger charge is -2.31. The fourth-order valence-corrected chi connectivity index (χ4v) is 4.99. The molecule has 8 heteroatoms. The Hall–Kier alpha value is -3.55. The van der Waals surface area contributed by atoms with Crippen LogP contribution in [0.4, 0.5) is 10.5 Å². The van der Waals surface area contributed by atoms with Crippen LogP contribution in [-0.4, -0.2) is 48.1 Å². The number of ether oxygens (including phenoxy) is 3. The lowest BCUT2D eigenvalue weighted by atomic mass is 9.81. The zero-order chi connectivity index (χ0) is 27.9. The standard InChI is InChI=1S/C30H39N3O5/c1-28(2,3)38-27(35)31-13-12-23(34)32-20-11-9-10-18(14-20)25-24-19(16-29(4,5)33-25)15-22(36-8)26-21(24)17-30(6,7)37-26/h9-11,14-15H,12-13,16-17H2,1-8H3,(H,31,35)(H,32,34). The van der Waals surface area contributed by atoms with E-state index in [9.17, 15) is 9.59 Å². The van der Waals surface area contributed by atoms with Gasteiger partial charge in [-0.15, -0.1) is 0 Å². The molecule has 2 aliphatic heterocycles. The molecular formula is C30H39N3O5. The average Bonchev–Trinajstić information content (AvgIpc) is 3.11. The monoisotopic (exact) mass is 521 g/mol. The van der Waals surface area contributed by atoms with Crippen molar-refractivity contribution in [2.45, 2.75) is 84.5 Å². The molecule has 2 aromatic carbocycles. The summed E-state index contributed by atoms with van der Waals surface area (Å²) in [5.41, 5.74) is 4.62. The van der Waals surface area contributed by atoms with Gasteiger partial charge in [0.2, 0.25) is 5.91 Å². The number of nitrogens with one attached hydrogen (secondary N) is 2. The van der Waals surface area contributed by atoms with Crippen LogP contribution in [-0.2, 0) is 22.4 Å². The molecule has 2 heterocycles. The Balaban J connectivity index is 1.57. The largest absolute Gasteiger partial charge is 0.493 e.